The number of rotatable bonds is 5. The predicted molar refractivity (Wildman–Crippen MR) is 80.1 cm³/mol. The molecule has 0 aliphatic rings. The van der Waals surface area contributed by atoms with Crippen molar-refractivity contribution in [1.82, 2.24) is 4.72 Å². The first-order chi connectivity index (χ1) is 8.53. The van der Waals surface area contributed by atoms with Crippen LogP contribution in [0.15, 0.2) is 32.0 Å². The zero-order valence-electron chi connectivity index (χ0n) is 10.4. The Morgan fingerprint density at radius 2 is 1.95 bits per heavy atom. The van der Waals surface area contributed by atoms with E-state index in [1.807, 2.05) is 0 Å². The molecule has 0 aliphatic carbocycles. The van der Waals surface area contributed by atoms with Crippen LogP contribution in [-0.2, 0) is 14.8 Å². The Bertz CT molecular complexity index is 600. The minimum atomic E-state index is -3.74. The Labute approximate surface area is 129 Å². The highest BCUT2D eigenvalue weighted by Crippen LogP contribution is 2.26. The van der Waals surface area contributed by atoms with E-state index in [4.69, 9.17) is 5.73 Å². The molecule has 0 saturated heterocycles. The zero-order valence-corrected chi connectivity index (χ0v) is 14.4. The molecule has 0 fully saturated rings. The molecule has 1 aromatic rings. The minimum Gasteiger partial charge on any atom is -0.370 e. The van der Waals surface area contributed by atoms with Gasteiger partial charge in [0.25, 0.3) is 0 Å². The molecule has 1 rings (SSSR count). The standard InChI is InChI=1S/C11H14Br2N2O3S/c1-11(2,6-10(14)16)15-19(17,18)9-4-3-7(12)5-8(9)13/h3-5,15H,6H2,1-2H3,(H2,14,16). The Morgan fingerprint density at radius 3 is 2.42 bits per heavy atom. The second-order valence-corrected chi connectivity index (χ2v) is 8.13. The second-order valence-electron chi connectivity index (χ2n) is 4.71. The summed E-state index contributed by atoms with van der Waals surface area (Å²) in [4.78, 5) is 11.0. The molecule has 1 aromatic carbocycles. The van der Waals surface area contributed by atoms with Gasteiger partial charge in [-0.1, -0.05) is 15.9 Å². The summed E-state index contributed by atoms with van der Waals surface area (Å²) in [6, 6.07) is 4.73. The van der Waals surface area contributed by atoms with E-state index in [2.05, 4.69) is 36.6 Å². The summed E-state index contributed by atoms with van der Waals surface area (Å²) in [5.41, 5.74) is 4.15. The van der Waals surface area contributed by atoms with Gasteiger partial charge in [-0.15, -0.1) is 0 Å². The van der Waals surface area contributed by atoms with Crippen molar-refractivity contribution in [1.29, 1.82) is 0 Å². The molecule has 0 saturated carbocycles. The Morgan fingerprint density at radius 1 is 1.37 bits per heavy atom. The van der Waals surface area contributed by atoms with Crippen LogP contribution < -0.4 is 10.5 Å². The molecule has 19 heavy (non-hydrogen) atoms. The third kappa shape index (κ3) is 4.87. The van der Waals surface area contributed by atoms with E-state index in [9.17, 15) is 13.2 Å². The molecule has 0 atom stereocenters. The maximum absolute atomic E-state index is 12.3. The van der Waals surface area contributed by atoms with E-state index in [-0.39, 0.29) is 11.3 Å². The fourth-order valence-corrected chi connectivity index (χ4v) is 4.74. The lowest BCUT2D eigenvalue weighted by Crippen LogP contribution is -2.45. The summed E-state index contributed by atoms with van der Waals surface area (Å²) >= 11 is 6.45. The molecule has 0 radical (unpaired) electrons. The highest BCUT2D eigenvalue weighted by Gasteiger charge is 2.29. The van der Waals surface area contributed by atoms with Crippen LogP contribution in [0.3, 0.4) is 0 Å². The molecular weight excluding hydrogens is 400 g/mol. The smallest absolute Gasteiger partial charge is 0.242 e. The Hall–Kier alpha value is -0.440. The molecule has 5 nitrogen and oxygen atoms in total. The Balaban J connectivity index is 3.08. The van der Waals surface area contributed by atoms with Crippen molar-refractivity contribution < 1.29 is 13.2 Å². The van der Waals surface area contributed by atoms with Crippen molar-refractivity contribution >= 4 is 47.8 Å². The van der Waals surface area contributed by atoms with Gasteiger partial charge in [0, 0.05) is 20.9 Å². The summed E-state index contributed by atoms with van der Waals surface area (Å²) in [7, 11) is -3.74. The average Bonchev–Trinajstić information content (AvgIpc) is 2.11. The molecule has 0 aromatic heterocycles. The zero-order chi connectivity index (χ0) is 14.8. The summed E-state index contributed by atoms with van der Waals surface area (Å²) < 4.78 is 28.2. The van der Waals surface area contributed by atoms with Crippen LogP contribution in [0.1, 0.15) is 20.3 Å². The number of hydrogen-bond donors (Lipinski definition) is 2. The van der Waals surface area contributed by atoms with Crippen molar-refractivity contribution in [3.05, 3.63) is 27.1 Å². The van der Waals surface area contributed by atoms with Crippen LogP contribution >= 0.6 is 31.9 Å². The highest BCUT2D eigenvalue weighted by molar-refractivity contribution is 9.11. The topological polar surface area (TPSA) is 89.3 Å². The van der Waals surface area contributed by atoms with Crippen molar-refractivity contribution in [2.75, 3.05) is 0 Å². The lowest BCUT2D eigenvalue weighted by atomic mass is 10.0. The summed E-state index contributed by atoms with van der Waals surface area (Å²) in [6.07, 6.45) is -0.0830. The van der Waals surface area contributed by atoms with Crippen molar-refractivity contribution in [3.8, 4) is 0 Å². The molecular formula is C11H14Br2N2O3S. The average molecular weight is 414 g/mol. The van der Waals surface area contributed by atoms with E-state index >= 15 is 0 Å². The minimum absolute atomic E-state index is 0.0830. The first-order valence-corrected chi connectivity index (χ1v) is 8.38. The molecule has 8 heteroatoms. The van der Waals surface area contributed by atoms with Crippen molar-refractivity contribution in [2.45, 2.75) is 30.7 Å². The SMILES string of the molecule is CC(C)(CC(N)=O)NS(=O)(=O)c1ccc(Br)cc1Br. The van der Waals surface area contributed by atoms with E-state index in [1.165, 1.54) is 6.07 Å². The van der Waals surface area contributed by atoms with Gasteiger partial charge in [0.1, 0.15) is 0 Å². The number of nitrogens with two attached hydrogens (primary N) is 1. The van der Waals surface area contributed by atoms with E-state index in [1.54, 1.807) is 26.0 Å². The lowest BCUT2D eigenvalue weighted by Gasteiger charge is -2.24. The van der Waals surface area contributed by atoms with Crippen LogP contribution in [0, 0.1) is 0 Å². The fraction of sp³-hybridized carbons (Fsp3) is 0.364. The molecule has 0 bridgehead atoms. The number of carbonyl (C=O) groups excluding carboxylic acids is 1. The number of carbonyl (C=O) groups is 1. The molecule has 0 heterocycles. The first-order valence-electron chi connectivity index (χ1n) is 5.31. The van der Waals surface area contributed by atoms with Gasteiger partial charge < -0.3 is 5.73 Å². The van der Waals surface area contributed by atoms with Gasteiger partial charge in [-0.05, 0) is 48.0 Å². The van der Waals surface area contributed by atoms with Crippen LogP contribution in [0.4, 0.5) is 0 Å². The largest absolute Gasteiger partial charge is 0.370 e. The van der Waals surface area contributed by atoms with Crippen molar-refractivity contribution in [3.63, 3.8) is 0 Å². The summed E-state index contributed by atoms with van der Waals surface area (Å²) in [5, 5.41) is 0. The van der Waals surface area contributed by atoms with Gasteiger partial charge in [0.05, 0.1) is 4.90 Å². The molecule has 0 spiro atoms. The van der Waals surface area contributed by atoms with Crippen LogP contribution in [0.5, 0.6) is 0 Å². The van der Waals surface area contributed by atoms with Crippen LogP contribution in [0.2, 0.25) is 0 Å². The number of nitrogens with one attached hydrogen (secondary N) is 1. The van der Waals surface area contributed by atoms with E-state index < -0.39 is 21.5 Å². The number of sulfonamides is 1. The van der Waals surface area contributed by atoms with Crippen LogP contribution in [-0.4, -0.2) is 19.9 Å². The summed E-state index contributed by atoms with van der Waals surface area (Å²) in [6.45, 7) is 3.20. The Kier molecular flexibility index (Phi) is 5.16. The lowest BCUT2D eigenvalue weighted by molar-refractivity contribution is -0.119. The number of hydrogen-bond acceptors (Lipinski definition) is 3. The maximum atomic E-state index is 12.3. The molecule has 106 valence electrons. The highest BCUT2D eigenvalue weighted by atomic mass is 79.9. The monoisotopic (exact) mass is 412 g/mol. The molecule has 0 unspecified atom stereocenters. The maximum Gasteiger partial charge on any atom is 0.242 e. The van der Waals surface area contributed by atoms with Gasteiger partial charge in [-0.2, -0.15) is 0 Å². The summed E-state index contributed by atoms with van der Waals surface area (Å²) in [5.74, 6) is -0.567. The first kappa shape index (κ1) is 16.6. The van der Waals surface area contributed by atoms with Gasteiger partial charge >= 0.3 is 0 Å². The van der Waals surface area contributed by atoms with Gasteiger partial charge in [0.2, 0.25) is 15.9 Å². The molecule has 0 aliphatic heterocycles. The third-order valence-electron chi connectivity index (χ3n) is 2.21. The predicted octanol–water partition coefficient (Wildman–Crippen LogP) is 2.14. The quantitative estimate of drug-likeness (QED) is 0.774. The van der Waals surface area contributed by atoms with E-state index in [0.29, 0.717) is 4.47 Å². The van der Waals surface area contributed by atoms with Crippen molar-refractivity contribution in [2.24, 2.45) is 5.73 Å². The number of halogens is 2. The van der Waals surface area contributed by atoms with Gasteiger partial charge in [0.15, 0.2) is 0 Å². The van der Waals surface area contributed by atoms with Gasteiger partial charge in [-0.3, -0.25) is 4.79 Å². The van der Waals surface area contributed by atoms with Gasteiger partial charge in [-0.25, -0.2) is 13.1 Å². The molecule has 3 N–H and O–H groups in total. The number of benzene rings is 1. The fourth-order valence-electron chi connectivity index (χ4n) is 1.58. The third-order valence-corrected chi connectivity index (χ3v) is 5.38. The molecule has 1 amide bonds. The van der Waals surface area contributed by atoms with Crippen LogP contribution in [0.25, 0.3) is 0 Å². The second kappa shape index (κ2) is 5.90. The normalized spacial score (nSPS) is 12.4. The number of primary amides is 1. The number of amides is 1. The van der Waals surface area contributed by atoms with E-state index in [0.717, 1.165) is 4.47 Å².